The molecule has 2 aromatic rings. The van der Waals surface area contributed by atoms with Crippen LogP contribution >= 0.6 is 0 Å². The molecule has 1 unspecified atom stereocenters. The lowest BCUT2D eigenvalue weighted by atomic mass is 10.1. The van der Waals surface area contributed by atoms with Crippen LogP contribution in [-0.2, 0) is 19.6 Å². The van der Waals surface area contributed by atoms with Gasteiger partial charge in [0.15, 0.2) is 6.10 Å². The maximum Gasteiger partial charge on any atom is 0.341 e. The van der Waals surface area contributed by atoms with Gasteiger partial charge in [-0.2, -0.15) is 0 Å². The van der Waals surface area contributed by atoms with Gasteiger partial charge in [-0.3, -0.25) is 4.79 Å². The number of amides is 1. The number of carbonyl (C=O) groups is 2. The number of esters is 1. The van der Waals surface area contributed by atoms with Crippen molar-refractivity contribution < 1.29 is 22.7 Å². The molecular weight excluding hydrogens is 430 g/mol. The van der Waals surface area contributed by atoms with Crippen LogP contribution < -0.4 is 9.80 Å². The summed E-state index contributed by atoms with van der Waals surface area (Å²) in [5.74, 6) is -1.12. The van der Waals surface area contributed by atoms with Gasteiger partial charge in [-0.25, -0.2) is 17.5 Å². The molecule has 1 aliphatic heterocycles. The number of carbonyl (C=O) groups excluding carboxylic acids is 2. The van der Waals surface area contributed by atoms with Gasteiger partial charge in [0.2, 0.25) is 10.0 Å². The Kier molecular flexibility index (Phi) is 7.20. The first-order chi connectivity index (χ1) is 15.1. The van der Waals surface area contributed by atoms with Crippen molar-refractivity contribution in [3.63, 3.8) is 0 Å². The molecule has 32 heavy (non-hydrogen) atoms. The fraction of sp³-hybridized carbons (Fsp3) is 0.391. The van der Waals surface area contributed by atoms with E-state index in [1.807, 2.05) is 23.1 Å². The lowest BCUT2D eigenvalue weighted by molar-refractivity contribution is -0.126. The van der Waals surface area contributed by atoms with Crippen LogP contribution in [0.2, 0.25) is 0 Å². The molecule has 0 radical (unpaired) electrons. The van der Waals surface area contributed by atoms with Gasteiger partial charge in [-0.15, -0.1) is 0 Å². The lowest BCUT2D eigenvalue weighted by Crippen LogP contribution is -2.37. The predicted octanol–water partition coefficient (Wildman–Crippen LogP) is 2.75. The minimum Gasteiger partial charge on any atom is -0.449 e. The number of likely N-dealkylation sites (N-methyl/N-ethyl adjacent to an activating group) is 1. The van der Waals surface area contributed by atoms with Crippen LogP contribution in [0.1, 0.15) is 30.1 Å². The minimum atomic E-state index is -3.74. The van der Waals surface area contributed by atoms with Crippen LogP contribution in [0.15, 0.2) is 53.4 Å². The maximum absolute atomic E-state index is 13.1. The largest absolute Gasteiger partial charge is 0.449 e. The Balaban J connectivity index is 1.88. The van der Waals surface area contributed by atoms with Crippen molar-refractivity contribution in [2.45, 2.75) is 30.8 Å². The number of sulfonamides is 1. The summed E-state index contributed by atoms with van der Waals surface area (Å²) in [5, 5.41) is 0. The van der Waals surface area contributed by atoms with E-state index in [9.17, 15) is 18.0 Å². The van der Waals surface area contributed by atoms with E-state index in [-0.39, 0.29) is 16.4 Å². The van der Waals surface area contributed by atoms with Crippen molar-refractivity contribution in [1.29, 1.82) is 0 Å². The van der Waals surface area contributed by atoms with Gasteiger partial charge in [0.1, 0.15) is 0 Å². The van der Waals surface area contributed by atoms with E-state index in [4.69, 9.17) is 4.74 Å². The highest BCUT2D eigenvalue weighted by Gasteiger charge is 2.28. The third kappa shape index (κ3) is 4.94. The summed E-state index contributed by atoms with van der Waals surface area (Å²) in [6.07, 6.45) is 0.930. The number of hydrogen-bond donors (Lipinski definition) is 0. The Morgan fingerprint density at radius 2 is 1.62 bits per heavy atom. The van der Waals surface area contributed by atoms with Crippen LogP contribution in [-0.4, -0.2) is 64.9 Å². The van der Waals surface area contributed by atoms with Gasteiger partial charge in [0.25, 0.3) is 5.91 Å². The smallest absolute Gasteiger partial charge is 0.341 e. The van der Waals surface area contributed by atoms with Gasteiger partial charge in [0, 0.05) is 39.9 Å². The molecule has 8 nitrogen and oxygen atoms in total. The second-order valence-electron chi connectivity index (χ2n) is 7.94. The zero-order chi connectivity index (χ0) is 23.5. The molecule has 0 spiro atoms. The van der Waals surface area contributed by atoms with Crippen LogP contribution in [0.5, 0.6) is 0 Å². The van der Waals surface area contributed by atoms with Crippen LogP contribution in [0.25, 0.3) is 0 Å². The molecule has 1 fully saturated rings. The lowest BCUT2D eigenvalue weighted by Gasteiger charge is -2.24. The number of rotatable bonds is 7. The van der Waals surface area contributed by atoms with Crippen molar-refractivity contribution >= 4 is 33.3 Å². The normalized spacial score (nSPS) is 15.0. The first kappa shape index (κ1) is 23.7. The van der Waals surface area contributed by atoms with Crippen molar-refractivity contribution in [3.8, 4) is 0 Å². The Morgan fingerprint density at radius 1 is 1.00 bits per heavy atom. The molecule has 2 aromatic carbocycles. The second-order valence-corrected chi connectivity index (χ2v) is 10.1. The number of nitrogens with zero attached hydrogens (tertiary/aromatic N) is 3. The third-order valence-corrected chi connectivity index (χ3v) is 7.33. The molecule has 1 aliphatic rings. The SMILES string of the molecule is CC(OC(=O)c1cc(S(=O)(=O)N(C)C)ccc1N1CCCC1)C(=O)N(C)c1ccccc1. The average molecular weight is 460 g/mol. The summed E-state index contributed by atoms with van der Waals surface area (Å²) in [6.45, 7) is 3.05. The summed E-state index contributed by atoms with van der Waals surface area (Å²) in [5.41, 5.74) is 1.43. The predicted molar refractivity (Wildman–Crippen MR) is 123 cm³/mol. The Morgan fingerprint density at radius 3 is 2.22 bits per heavy atom. The van der Waals surface area contributed by atoms with Gasteiger partial charge < -0.3 is 14.5 Å². The average Bonchev–Trinajstić information content (AvgIpc) is 3.32. The Hall–Kier alpha value is -2.91. The Bertz CT molecular complexity index is 1080. The Labute approximate surface area is 189 Å². The summed E-state index contributed by atoms with van der Waals surface area (Å²) in [4.78, 5) is 29.4. The zero-order valence-corrected chi connectivity index (χ0v) is 19.6. The van der Waals surface area contributed by atoms with Gasteiger partial charge in [-0.05, 0) is 50.1 Å². The van der Waals surface area contributed by atoms with Gasteiger partial charge in [0.05, 0.1) is 16.1 Å². The van der Waals surface area contributed by atoms with Crippen molar-refractivity contribution in [2.24, 2.45) is 0 Å². The molecule has 172 valence electrons. The van der Waals surface area contributed by atoms with E-state index >= 15 is 0 Å². The molecule has 0 aromatic heterocycles. The highest BCUT2D eigenvalue weighted by Crippen LogP contribution is 2.29. The molecule has 1 amide bonds. The first-order valence-corrected chi connectivity index (χ1v) is 11.9. The van der Waals surface area contributed by atoms with Gasteiger partial charge >= 0.3 is 5.97 Å². The van der Waals surface area contributed by atoms with E-state index in [2.05, 4.69) is 0 Å². The van der Waals surface area contributed by atoms with Crippen LogP contribution in [0.3, 0.4) is 0 Å². The minimum absolute atomic E-state index is 0.00206. The fourth-order valence-electron chi connectivity index (χ4n) is 3.61. The number of benzene rings is 2. The summed E-state index contributed by atoms with van der Waals surface area (Å²) < 4.78 is 31.8. The second kappa shape index (κ2) is 9.70. The van der Waals surface area contributed by atoms with Gasteiger partial charge in [-0.1, -0.05) is 18.2 Å². The molecule has 0 N–H and O–H groups in total. The van der Waals surface area contributed by atoms with E-state index < -0.39 is 22.1 Å². The monoisotopic (exact) mass is 459 g/mol. The molecule has 9 heteroatoms. The summed E-state index contributed by atoms with van der Waals surface area (Å²) in [7, 11) is 0.742. The molecule has 1 saturated heterocycles. The van der Waals surface area contributed by atoms with Crippen LogP contribution in [0.4, 0.5) is 11.4 Å². The molecule has 0 aliphatic carbocycles. The van der Waals surface area contributed by atoms with Crippen LogP contribution in [0, 0.1) is 0 Å². The number of para-hydroxylation sites is 1. The van der Waals surface area contributed by atoms with E-state index in [1.165, 1.54) is 38.1 Å². The highest BCUT2D eigenvalue weighted by atomic mass is 32.2. The first-order valence-electron chi connectivity index (χ1n) is 10.5. The van der Waals surface area contributed by atoms with E-state index in [0.717, 1.165) is 30.2 Å². The van der Waals surface area contributed by atoms with Crippen molar-refractivity contribution in [1.82, 2.24) is 4.31 Å². The molecule has 3 rings (SSSR count). The number of hydrogen-bond acceptors (Lipinski definition) is 6. The molecule has 0 saturated carbocycles. The quantitative estimate of drug-likeness (QED) is 0.592. The number of ether oxygens (including phenoxy) is 1. The molecule has 1 atom stereocenters. The third-order valence-electron chi connectivity index (χ3n) is 5.52. The van der Waals surface area contributed by atoms with E-state index in [0.29, 0.717) is 11.4 Å². The summed E-state index contributed by atoms with van der Waals surface area (Å²) in [6, 6.07) is 13.5. The maximum atomic E-state index is 13.1. The highest BCUT2D eigenvalue weighted by molar-refractivity contribution is 7.89. The molecular formula is C23H29N3O5S. The zero-order valence-electron chi connectivity index (χ0n) is 18.8. The summed E-state index contributed by atoms with van der Waals surface area (Å²) >= 11 is 0. The molecule has 1 heterocycles. The fourth-order valence-corrected chi connectivity index (χ4v) is 4.54. The standard InChI is InChI=1S/C23H29N3O5S/c1-17(22(27)25(4)18-10-6-5-7-11-18)31-23(28)20-16-19(32(29,30)24(2)3)12-13-21(20)26-14-8-9-15-26/h5-7,10-13,16-17H,8-9,14-15H2,1-4H3. The van der Waals surface area contributed by atoms with Crippen molar-refractivity contribution in [3.05, 3.63) is 54.1 Å². The van der Waals surface area contributed by atoms with E-state index in [1.54, 1.807) is 25.2 Å². The number of anilines is 2. The molecule has 0 bridgehead atoms. The topological polar surface area (TPSA) is 87.2 Å². The van der Waals surface area contributed by atoms with Crippen molar-refractivity contribution in [2.75, 3.05) is 44.0 Å².